The molecule has 3 rings (SSSR count). The lowest BCUT2D eigenvalue weighted by molar-refractivity contribution is -0.151. The van der Waals surface area contributed by atoms with E-state index in [1.54, 1.807) is 0 Å². The Morgan fingerprint density at radius 2 is 2.23 bits per heavy atom. The maximum Gasteiger partial charge on any atom is 0.355 e. The summed E-state index contributed by atoms with van der Waals surface area (Å²) in [7, 11) is -3.57. The van der Waals surface area contributed by atoms with Crippen LogP contribution in [-0.2, 0) is 28.9 Å². The van der Waals surface area contributed by atoms with Gasteiger partial charge >= 0.3 is 5.97 Å². The number of esters is 1. The van der Waals surface area contributed by atoms with E-state index in [2.05, 4.69) is 0 Å². The van der Waals surface area contributed by atoms with Gasteiger partial charge in [0.15, 0.2) is 15.2 Å². The van der Waals surface area contributed by atoms with Crippen molar-refractivity contribution in [3.05, 3.63) is 11.3 Å². The van der Waals surface area contributed by atoms with Crippen LogP contribution in [0.4, 0.5) is 0 Å². The lowest BCUT2D eigenvalue weighted by atomic mass is 10.1. The number of nitrogens with zero attached hydrogens (tertiary/aromatic N) is 1. The van der Waals surface area contributed by atoms with Crippen LogP contribution in [0.1, 0.15) is 19.8 Å². The maximum atomic E-state index is 12.3. The number of carbonyl (C=O) groups is 2. The molecule has 1 unspecified atom stereocenters. The van der Waals surface area contributed by atoms with E-state index in [0.717, 1.165) is 17.7 Å². The van der Waals surface area contributed by atoms with E-state index in [9.17, 15) is 18.0 Å². The highest BCUT2D eigenvalue weighted by Gasteiger charge is 2.59. The SMILES string of the molecule is CC1=C(C(=O)OCC2CCCO2)N2C(=O)[C@H](Cl)[C@H]2S(=O)(=O)C1. The molecule has 0 aromatic heterocycles. The van der Waals surface area contributed by atoms with E-state index in [1.807, 2.05) is 0 Å². The Labute approximate surface area is 133 Å². The largest absolute Gasteiger partial charge is 0.458 e. The Hall–Kier alpha value is -1.12. The lowest BCUT2D eigenvalue weighted by Crippen LogP contribution is -2.68. The van der Waals surface area contributed by atoms with Crippen LogP contribution in [0, 0.1) is 0 Å². The van der Waals surface area contributed by atoms with Gasteiger partial charge in [-0.2, -0.15) is 0 Å². The van der Waals surface area contributed by atoms with E-state index >= 15 is 0 Å². The molecule has 122 valence electrons. The lowest BCUT2D eigenvalue weighted by Gasteiger charge is -2.46. The van der Waals surface area contributed by atoms with Crippen LogP contribution in [0.25, 0.3) is 0 Å². The van der Waals surface area contributed by atoms with Gasteiger partial charge in [-0.3, -0.25) is 9.69 Å². The van der Waals surface area contributed by atoms with Crippen molar-refractivity contribution in [2.24, 2.45) is 0 Å². The number of amides is 1. The summed E-state index contributed by atoms with van der Waals surface area (Å²) in [5, 5.41) is -2.31. The smallest absolute Gasteiger partial charge is 0.355 e. The molecule has 9 heteroatoms. The van der Waals surface area contributed by atoms with Crippen molar-refractivity contribution in [1.29, 1.82) is 0 Å². The molecule has 7 nitrogen and oxygen atoms in total. The summed E-state index contributed by atoms with van der Waals surface area (Å²) in [5.74, 6) is -1.59. The van der Waals surface area contributed by atoms with Gasteiger partial charge in [0.1, 0.15) is 17.7 Å². The summed E-state index contributed by atoms with van der Waals surface area (Å²) in [5.41, 5.74) is 0.297. The third kappa shape index (κ3) is 2.43. The van der Waals surface area contributed by atoms with E-state index in [4.69, 9.17) is 21.1 Å². The van der Waals surface area contributed by atoms with Crippen molar-refractivity contribution in [1.82, 2.24) is 4.90 Å². The highest BCUT2D eigenvalue weighted by molar-refractivity contribution is 7.92. The Bertz CT molecular complexity index is 651. The third-order valence-electron chi connectivity index (χ3n) is 4.03. The molecular weight excluding hydrogens is 334 g/mol. The fraction of sp³-hybridized carbons (Fsp3) is 0.692. The molecule has 0 spiro atoms. The Balaban J connectivity index is 1.79. The minimum absolute atomic E-state index is 0.000257. The molecule has 0 radical (unpaired) electrons. The van der Waals surface area contributed by atoms with Gasteiger partial charge in [-0.25, -0.2) is 13.2 Å². The number of carbonyl (C=O) groups excluding carboxylic acids is 2. The van der Waals surface area contributed by atoms with Crippen LogP contribution in [0.3, 0.4) is 0 Å². The van der Waals surface area contributed by atoms with Crippen LogP contribution in [0.2, 0.25) is 0 Å². The van der Waals surface area contributed by atoms with E-state index in [1.165, 1.54) is 6.92 Å². The molecular formula is C13H16ClNO6S. The van der Waals surface area contributed by atoms with Gasteiger partial charge < -0.3 is 9.47 Å². The first-order valence-corrected chi connectivity index (χ1v) is 9.15. The summed E-state index contributed by atoms with van der Waals surface area (Å²) in [6.45, 7) is 2.24. The molecule has 22 heavy (non-hydrogen) atoms. The summed E-state index contributed by atoms with van der Waals surface area (Å²) in [6.07, 6.45) is 1.60. The number of sulfone groups is 1. The average Bonchev–Trinajstić information content (AvgIpc) is 2.95. The summed E-state index contributed by atoms with van der Waals surface area (Å²) in [6, 6.07) is 0. The number of hydrogen-bond donors (Lipinski definition) is 0. The van der Waals surface area contributed by atoms with Gasteiger partial charge in [0.25, 0.3) is 0 Å². The van der Waals surface area contributed by atoms with E-state index < -0.39 is 32.5 Å². The van der Waals surface area contributed by atoms with E-state index in [-0.39, 0.29) is 24.2 Å². The standard InChI is InChI=1S/C13H16ClNO6S/c1-7-6-22(18,19)12-9(14)11(16)15(12)10(7)13(17)21-5-8-3-2-4-20-8/h8-9,12H,2-6H2,1H3/t8?,9-,12+/m0/s1. The van der Waals surface area contributed by atoms with Crippen LogP contribution < -0.4 is 0 Å². The minimum Gasteiger partial charge on any atom is -0.458 e. The molecule has 0 aromatic carbocycles. The number of fused-ring (bicyclic) bond motifs is 1. The second kappa shape index (κ2) is 5.50. The van der Waals surface area contributed by atoms with Gasteiger partial charge in [0.2, 0.25) is 5.91 Å². The number of ether oxygens (including phenoxy) is 2. The average molecular weight is 350 g/mol. The van der Waals surface area contributed by atoms with Gasteiger partial charge in [-0.05, 0) is 25.3 Å². The van der Waals surface area contributed by atoms with Crippen molar-refractivity contribution in [3.63, 3.8) is 0 Å². The number of alkyl halides is 1. The van der Waals surface area contributed by atoms with E-state index in [0.29, 0.717) is 12.2 Å². The topological polar surface area (TPSA) is 90.0 Å². The molecule has 3 aliphatic heterocycles. The van der Waals surface area contributed by atoms with Crippen LogP contribution in [-0.4, -0.2) is 61.0 Å². The second-order valence-corrected chi connectivity index (χ2v) is 8.24. The number of β-lactam (4-membered cyclic amide) rings is 1. The zero-order valence-electron chi connectivity index (χ0n) is 12.0. The Morgan fingerprint density at radius 1 is 1.50 bits per heavy atom. The molecule has 2 fully saturated rings. The van der Waals surface area contributed by atoms with Gasteiger partial charge in [0, 0.05) is 6.61 Å². The predicted octanol–water partition coefficient (Wildman–Crippen LogP) is 0.187. The fourth-order valence-electron chi connectivity index (χ4n) is 2.96. The molecule has 0 bridgehead atoms. The maximum absolute atomic E-state index is 12.3. The van der Waals surface area contributed by atoms with Crippen molar-refractivity contribution < 1.29 is 27.5 Å². The van der Waals surface area contributed by atoms with Gasteiger partial charge in [0.05, 0.1) is 11.9 Å². The molecule has 3 atom stereocenters. The Kier molecular flexibility index (Phi) is 3.94. The predicted molar refractivity (Wildman–Crippen MR) is 76.7 cm³/mol. The number of halogens is 1. The zero-order valence-corrected chi connectivity index (χ0v) is 13.5. The van der Waals surface area contributed by atoms with Gasteiger partial charge in [-0.15, -0.1) is 11.6 Å². The number of rotatable bonds is 3. The molecule has 3 aliphatic rings. The molecule has 3 heterocycles. The molecule has 1 amide bonds. The second-order valence-electron chi connectivity index (χ2n) is 5.67. The summed E-state index contributed by atoms with van der Waals surface area (Å²) < 4.78 is 34.7. The molecule has 0 aromatic rings. The Morgan fingerprint density at radius 3 is 2.86 bits per heavy atom. The van der Waals surface area contributed by atoms with Crippen LogP contribution in [0.15, 0.2) is 11.3 Å². The van der Waals surface area contributed by atoms with Crippen LogP contribution >= 0.6 is 11.6 Å². The number of hydrogen-bond acceptors (Lipinski definition) is 6. The van der Waals surface area contributed by atoms with Crippen molar-refractivity contribution >= 4 is 33.3 Å². The summed E-state index contributed by atoms with van der Waals surface area (Å²) >= 11 is 5.79. The van der Waals surface area contributed by atoms with Crippen molar-refractivity contribution in [3.8, 4) is 0 Å². The van der Waals surface area contributed by atoms with Crippen molar-refractivity contribution in [2.45, 2.75) is 36.6 Å². The molecule has 0 aliphatic carbocycles. The quantitative estimate of drug-likeness (QED) is 0.410. The monoisotopic (exact) mass is 349 g/mol. The highest BCUT2D eigenvalue weighted by Crippen LogP contribution is 2.39. The normalized spacial score (nSPS) is 33.5. The van der Waals surface area contributed by atoms with Crippen molar-refractivity contribution in [2.75, 3.05) is 19.0 Å². The third-order valence-corrected chi connectivity index (χ3v) is 6.66. The highest BCUT2D eigenvalue weighted by atomic mass is 35.5. The van der Waals surface area contributed by atoms with Gasteiger partial charge in [-0.1, -0.05) is 0 Å². The summed E-state index contributed by atoms with van der Waals surface area (Å²) in [4.78, 5) is 25.1. The fourth-order valence-corrected chi connectivity index (χ4v) is 5.57. The minimum atomic E-state index is -3.57. The first-order chi connectivity index (χ1) is 10.3. The first-order valence-electron chi connectivity index (χ1n) is 7.00. The molecule has 0 saturated carbocycles. The molecule has 0 N–H and O–H groups in total. The zero-order chi connectivity index (χ0) is 16.1. The van der Waals surface area contributed by atoms with Crippen LogP contribution in [0.5, 0.6) is 0 Å². The molecule has 2 saturated heterocycles. The first kappa shape index (κ1) is 15.8.